The number of ketones is 1. The molecule has 3 saturated carbocycles. The lowest BCUT2D eigenvalue weighted by Gasteiger charge is -2.66. The Morgan fingerprint density at radius 2 is 0.935 bits per heavy atom. The number of Topliss-reactive ketones (excluding diaryl/α,β-unsaturated/α-hetero) is 1. The zero-order valence-electron chi connectivity index (χ0n) is 47.6. The monoisotopic (exact) mass is 1100 g/mol. The normalized spacial score (nSPS) is 53.2. The molecule has 442 valence electrons. The van der Waals surface area contributed by atoms with Crippen molar-refractivity contribution in [2.45, 2.75) is 284 Å². The molecule has 77 heavy (non-hydrogen) atoms. The average Bonchev–Trinajstić information content (AvgIpc) is 3.95. The summed E-state index contributed by atoms with van der Waals surface area (Å²) in [4.78, 5) is 12.8. The van der Waals surface area contributed by atoms with Crippen LogP contribution in [-0.2, 0) is 75.8 Å². The first-order valence-corrected chi connectivity index (χ1v) is 28.3. The fourth-order valence-corrected chi connectivity index (χ4v) is 15.6. The zero-order valence-corrected chi connectivity index (χ0v) is 47.6. The summed E-state index contributed by atoms with van der Waals surface area (Å²) >= 11 is 0. The van der Waals surface area contributed by atoms with Gasteiger partial charge in [-0.2, -0.15) is 0 Å². The summed E-state index contributed by atoms with van der Waals surface area (Å²) in [5, 5.41) is 58.9. The van der Waals surface area contributed by atoms with Gasteiger partial charge in [-0.1, -0.05) is 25.5 Å². The Hall–Kier alpha value is -1.39. The summed E-state index contributed by atoms with van der Waals surface area (Å²) in [6.45, 7) is 14.4. The highest BCUT2D eigenvalue weighted by Gasteiger charge is 2.80. The number of methoxy groups -OCH3 is 5. The molecule has 5 heterocycles. The maximum Gasteiger partial charge on any atom is 0.162 e. The number of carbonyl (C=O) groups excluding carboxylic acids is 1. The Bertz CT molecular complexity index is 2050. The standard InChI is InChI=1S/C56H92O21/c1-27-47(59)35(63-9)21-43(68-27)74-49-29(3)70-45(23-37(49)65-11)76-51-31(5)72-46(25-39(51)67-13)77-50-30(4)71-44(24-38(50)66-12)75-48-28(2)69-42(22-36(48)64-10)73-34-15-16-52(7)33(20-34)14-17-55(61)40(52)26-41(58)53(8)54(60,32(6)57)18-19-56(53,55)62/h14,27-31,34-51,58-62H,15-26H2,1-13H3/t27-,28+,29+,30+,31-,34-,35+,36-,37-,38-,39+,40+,41+,42-,43+,44-,45-,46+,47-,48+,49+,50+,51-,52-,53+,54+,55-,56+/m0/s1. The van der Waals surface area contributed by atoms with Crippen LogP contribution in [0.5, 0.6) is 0 Å². The SMILES string of the molecule is CO[C@H]1C[C@H](O[C@H]2CC[C@@]3(C)C(=CC[C@]4(O)[C@@H]3C[C@@H](O)[C@@]3(C)[C@]4(O)CC[C@@]3(O)C(C)=O)C2)O[C@H](C)[C@H]1O[C@H]1C[C@H](OC)[C@H](O[C@@H]2C[C@@H](OC)[C@@H](O[C@H]3C[C@H](OC)[C@H](O[C@@H]4C[C@@H](OC)[C@@H](O)[C@H](C)O4)[C@@H](C)O3)[C@H](C)O2)[C@@H](C)O1. The van der Waals surface area contributed by atoms with Crippen LogP contribution in [0, 0.1) is 16.7 Å². The summed E-state index contributed by atoms with van der Waals surface area (Å²) in [6, 6.07) is 0. The second kappa shape index (κ2) is 23.3. The van der Waals surface area contributed by atoms with Crippen LogP contribution in [0.2, 0.25) is 0 Å². The van der Waals surface area contributed by atoms with E-state index in [0.717, 1.165) is 5.57 Å². The molecular formula is C56H92O21. The Balaban J connectivity index is 0.757. The molecule has 0 aromatic rings. The van der Waals surface area contributed by atoms with Gasteiger partial charge in [0.25, 0.3) is 0 Å². The van der Waals surface area contributed by atoms with Crippen molar-refractivity contribution in [1.29, 1.82) is 0 Å². The fraction of sp³-hybridized carbons (Fsp3) is 0.946. The van der Waals surface area contributed by atoms with E-state index >= 15 is 0 Å². The van der Waals surface area contributed by atoms with Gasteiger partial charge in [0, 0.05) is 73.6 Å². The van der Waals surface area contributed by atoms with E-state index in [2.05, 4.69) is 6.92 Å². The molecule has 0 spiro atoms. The van der Waals surface area contributed by atoms with E-state index in [9.17, 15) is 30.3 Å². The molecule has 9 rings (SSSR count). The molecule has 5 saturated heterocycles. The van der Waals surface area contributed by atoms with Crippen LogP contribution in [0.25, 0.3) is 0 Å². The van der Waals surface area contributed by atoms with E-state index in [1.807, 2.05) is 33.8 Å². The number of aliphatic hydroxyl groups is 5. The Kier molecular flexibility index (Phi) is 18.2. The van der Waals surface area contributed by atoms with Crippen molar-refractivity contribution >= 4 is 5.78 Å². The summed E-state index contributed by atoms with van der Waals surface area (Å²) in [5.74, 6) is -1.02. The lowest BCUT2D eigenvalue weighted by atomic mass is 9.42. The van der Waals surface area contributed by atoms with E-state index in [-0.39, 0.29) is 44.0 Å². The maximum atomic E-state index is 12.8. The Labute approximate surface area is 454 Å². The largest absolute Gasteiger partial charge is 0.392 e. The quantitative estimate of drug-likeness (QED) is 0.139. The smallest absolute Gasteiger partial charge is 0.162 e. The summed E-state index contributed by atoms with van der Waals surface area (Å²) in [5.41, 5.74) is -6.56. The molecule has 0 unspecified atom stereocenters. The topological polar surface area (TPSA) is 257 Å². The van der Waals surface area contributed by atoms with Gasteiger partial charge >= 0.3 is 0 Å². The van der Waals surface area contributed by atoms with Crippen LogP contribution < -0.4 is 0 Å². The van der Waals surface area contributed by atoms with Gasteiger partial charge in [0.15, 0.2) is 37.2 Å². The first-order valence-electron chi connectivity index (χ1n) is 28.3. The van der Waals surface area contributed by atoms with Gasteiger partial charge in [-0.05, 0) is 91.9 Å². The van der Waals surface area contributed by atoms with Gasteiger partial charge in [0.05, 0.1) is 78.7 Å². The van der Waals surface area contributed by atoms with E-state index < -0.39 is 156 Å². The predicted molar refractivity (Wildman–Crippen MR) is 271 cm³/mol. The van der Waals surface area contributed by atoms with E-state index in [1.165, 1.54) is 6.92 Å². The van der Waals surface area contributed by atoms with Crippen LogP contribution in [0.3, 0.4) is 0 Å². The molecule has 5 N–H and O–H groups in total. The molecule has 28 atom stereocenters. The third-order valence-electron chi connectivity index (χ3n) is 20.4. The second-order valence-corrected chi connectivity index (χ2v) is 24.4. The summed E-state index contributed by atoms with van der Waals surface area (Å²) < 4.78 is 94.5. The molecule has 0 bridgehead atoms. The van der Waals surface area contributed by atoms with Crippen LogP contribution in [0.15, 0.2) is 11.6 Å². The summed E-state index contributed by atoms with van der Waals surface area (Å²) in [6.07, 6.45) is -5.39. The van der Waals surface area contributed by atoms with Crippen molar-refractivity contribution in [3.8, 4) is 0 Å². The highest BCUT2D eigenvalue weighted by molar-refractivity contribution is 5.87. The molecule has 21 heteroatoms. The van der Waals surface area contributed by atoms with Crippen LogP contribution in [0.1, 0.15) is 132 Å². The molecule has 0 aromatic carbocycles. The molecule has 9 aliphatic rings. The van der Waals surface area contributed by atoms with Crippen molar-refractivity contribution in [3.63, 3.8) is 0 Å². The number of hydrogen-bond donors (Lipinski definition) is 5. The average molecular weight is 1100 g/mol. The molecule has 0 radical (unpaired) electrons. The van der Waals surface area contributed by atoms with E-state index in [4.69, 9.17) is 71.1 Å². The first-order chi connectivity index (χ1) is 36.4. The minimum absolute atomic E-state index is 0.00434. The Morgan fingerprint density at radius 3 is 1.34 bits per heavy atom. The lowest BCUT2D eigenvalue weighted by molar-refractivity contribution is -0.352. The molecule has 8 fully saturated rings. The van der Waals surface area contributed by atoms with Gasteiger partial charge in [0.2, 0.25) is 0 Å². The van der Waals surface area contributed by atoms with Gasteiger partial charge in [-0.3, -0.25) is 4.79 Å². The summed E-state index contributed by atoms with van der Waals surface area (Å²) in [7, 11) is 8.14. The maximum absolute atomic E-state index is 12.8. The predicted octanol–water partition coefficient (Wildman–Crippen LogP) is 3.51. The number of aliphatic hydroxyl groups excluding tert-OH is 2. The number of ether oxygens (including phenoxy) is 15. The van der Waals surface area contributed by atoms with E-state index in [1.54, 1.807) is 49.4 Å². The van der Waals surface area contributed by atoms with Crippen molar-refractivity contribution in [2.75, 3.05) is 35.5 Å². The molecule has 5 aliphatic heterocycles. The Morgan fingerprint density at radius 1 is 0.545 bits per heavy atom. The minimum Gasteiger partial charge on any atom is -0.392 e. The molecule has 0 aromatic heterocycles. The van der Waals surface area contributed by atoms with Crippen LogP contribution in [0.4, 0.5) is 0 Å². The second-order valence-electron chi connectivity index (χ2n) is 24.4. The molecular weight excluding hydrogens is 1010 g/mol. The number of rotatable bonds is 16. The van der Waals surface area contributed by atoms with Gasteiger partial charge in [-0.15, -0.1) is 0 Å². The van der Waals surface area contributed by atoms with Crippen LogP contribution >= 0.6 is 0 Å². The fourth-order valence-electron chi connectivity index (χ4n) is 15.6. The van der Waals surface area contributed by atoms with Gasteiger partial charge in [-0.25, -0.2) is 0 Å². The van der Waals surface area contributed by atoms with Crippen molar-refractivity contribution < 1.29 is 101 Å². The highest BCUT2D eigenvalue weighted by atomic mass is 16.8. The number of carbonyl (C=O) groups is 1. The van der Waals surface area contributed by atoms with Crippen molar-refractivity contribution in [1.82, 2.24) is 0 Å². The van der Waals surface area contributed by atoms with Gasteiger partial charge in [0.1, 0.15) is 47.3 Å². The zero-order chi connectivity index (χ0) is 55.7. The molecule has 21 nitrogen and oxygen atoms in total. The van der Waals surface area contributed by atoms with Gasteiger partial charge < -0.3 is 96.6 Å². The van der Waals surface area contributed by atoms with Crippen molar-refractivity contribution in [3.05, 3.63) is 11.6 Å². The van der Waals surface area contributed by atoms with Crippen molar-refractivity contribution in [2.24, 2.45) is 16.7 Å². The molecule has 0 amide bonds. The first kappa shape index (κ1) is 60.2. The number of fused-ring (bicyclic) bond motifs is 5. The third kappa shape index (κ3) is 10.6. The van der Waals surface area contributed by atoms with Crippen LogP contribution in [-0.4, -0.2) is 219 Å². The number of hydrogen-bond acceptors (Lipinski definition) is 21. The minimum atomic E-state index is -1.95. The van der Waals surface area contributed by atoms with E-state index in [0.29, 0.717) is 51.4 Å². The highest BCUT2D eigenvalue weighted by Crippen LogP contribution is 2.70. The lowest BCUT2D eigenvalue weighted by Crippen LogP contribution is -2.78. The third-order valence-corrected chi connectivity index (χ3v) is 20.4. The molecule has 4 aliphatic carbocycles.